The smallest absolute Gasteiger partial charge is 0.277 e. The fraction of sp³-hybridized carbons (Fsp3) is 0.444. The van der Waals surface area contributed by atoms with Crippen LogP contribution in [0.15, 0.2) is 16.1 Å². The molecule has 2 aromatic rings. The van der Waals surface area contributed by atoms with Crippen molar-refractivity contribution in [3.8, 4) is 0 Å². The number of H-pyrrole nitrogens is 1. The predicted molar refractivity (Wildman–Crippen MR) is 60.3 cm³/mol. The van der Waals surface area contributed by atoms with Gasteiger partial charge < -0.3 is 0 Å². The molecule has 0 radical (unpaired) electrons. The molecule has 0 atom stereocenters. The highest BCUT2D eigenvalue weighted by atomic mass is 32.2. The molecular formula is C9H12N4OS. The van der Waals surface area contributed by atoms with Crippen LogP contribution >= 0.6 is 11.8 Å². The lowest BCUT2D eigenvalue weighted by Crippen LogP contribution is -2.18. The monoisotopic (exact) mass is 224 g/mol. The third kappa shape index (κ3) is 1.65. The molecule has 15 heavy (non-hydrogen) atoms. The molecule has 0 saturated carbocycles. The Bertz CT molecular complexity index is 543. The van der Waals surface area contributed by atoms with Crippen molar-refractivity contribution < 1.29 is 0 Å². The third-order valence-corrected chi connectivity index (χ3v) is 2.70. The van der Waals surface area contributed by atoms with Crippen LogP contribution < -0.4 is 5.56 Å². The van der Waals surface area contributed by atoms with Gasteiger partial charge in [-0.05, 0) is 20.1 Å². The van der Waals surface area contributed by atoms with E-state index < -0.39 is 0 Å². The molecule has 80 valence electrons. The van der Waals surface area contributed by atoms with Gasteiger partial charge in [0.05, 0.1) is 0 Å². The van der Waals surface area contributed by atoms with Gasteiger partial charge in [0.25, 0.3) is 5.56 Å². The van der Waals surface area contributed by atoms with Crippen molar-refractivity contribution in [1.29, 1.82) is 0 Å². The maximum Gasteiger partial charge on any atom is 0.277 e. The number of nitrogens with zero attached hydrogens (tertiary/aromatic N) is 3. The van der Waals surface area contributed by atoms with E-state index in [0.29, 0.717) is 16.2 Å². The summed E-state index contributed by atoms with van der Waals surface area (Å²) < 4.78 is 1.56. The zero-order chi connectivity index (χ0) is 11.0. The minimum Gasteiger partial charge on any atom is -0.278 e. The van der Waals surface area contributed by atoms with Crippen molar-refractivity contribution in [1.82, 2.24) is 19.7 Å². The second-order valence-electron chi connectivity index (χ2n) is 3.50. The highest BCUT2D eigenvalue weighted by Crippen LogP contribution is 2.12. The number of aromatic nitrogens is 4. The number of fused-ring (bicyclic) bond motifs is 1. The maximum atomic E-state index is 11.8. The molecule has 1 N–H and O–H groups in total. The fourth-order valence-electron chi connectivity index (χ4n) is 1.36. The number of nitrogens with one attached hydrogen (secondary N) is 1. The Morgan fingerprint density at radius 2 is 2.27 bits per heavy atom. The lowest BCUT2D eigenvalue weighted by molar-refractivity contribution is 0.521. The molecule has 2 aromatic heterocycles. The van der Waals surface area contributed by atoms with Gasteiger partial charge in [-0.15, -0.1) is 0 Å². The van der Waals surface area contributed by atoms with Gasteiger partial charge in [0.15, 0.2) is 10.8 Å². The zero-order valence-electron chi connectivity index (χ0n) is 8.81. The summed E-state index contributed by atoms with van der Waals surface area (Å²) in [5.74, 6) is 0. The number of hydrogen-bond donors (Lipinski definition) is 1. The van der Waals surface area contributed by atoms with E-state index in [1.807, 2.05) is 20.1 Å². The van der Waals surface area contributed by atoms with Gasteiger partial charge in [-0.2, -0.15) is 0 Å². The molecule has 0 bridgehead atoms. The van der Waals surface area contributed by atoms with E-state index in [9.17, 15) is 4.79 Å². The highest BCUT2D eigenvalue weighted by Gasteiger charge is 2.10. The first-order valence-electron chi connectivity index (χ1n) is 4.64. The molecule has 0 aliphatic rings. The maximum absolute atomic E-state index is 11.8. The fourth-order valence-corrected chi connectivity index (χ4v) is 1.70. The van der Waals surface area contributed by atoms with E-state index in [0.717, 1.165) is 0 Å². The zero-order valence-corrected chi connectivity index (χ0v) is 9.63. The van der Waals surface area contributed by atoms with Gasteiger partial charge in [-0.1, -0.05) is 11.8 Å². The van der Waals surface area contributed by atoms with Gasteiger partial charge in [0.1, 0.15) is 5.39 Å². The van der Waals surface area contributed by atoms with Crippen molar-refractivity contribution in [2.75, 3.05) is 6.26 Å². The SMILES string of the molecule is CSc1ncc2c(=O)n(C(C)C)[nH]c2n1. The third-order valence-electron chi connectivity index (χ3n) is 2.14. The van der Waals surface area contributed by atoms with E-state index in [1.54, 1.807) is 10.9 Å². The van der Waals surface area contributed by atoms with Gasteiger partial charge in [0.2, 0.25) is 0 Å². The van der Waals surface area contributed by atoms with Crippen LogP contribution in [0.4, 0.5) is 0 Å². The Labute approximate surface area is 90.9 Å². The number of thioether (sulfide) groups is 1. The summed E-state index contributed by atoms with van der Waals surface area (Å²) in [6.07, 6.45) is 3.48. The van der Waals surface area contributed by atoms with Gasteiger partial charge in [-0.25, -0.2) is 14.6 Å². The van der Waals surface area contributed by atoms with Crippen LogP contribution in [0.5, 0.6) is 0 Å². The second-order valence-corrected chi connectivity index (χ2v) is 4.27. The summed E-state index contributed by atoms with van der Waals surface area (Å²) in [6.45, 7) is 3.89. The van der Waals surface area contributed by atoms with Crippen LogP contribution in [-0.2, 0) is 0 Å². The van der Waals surface area contributed by atoms with E-state index >= 15 is 0 Å². The first kappa shape index (κ1) is 10.2. The largest absolute Gasteiger partial charge is 0.278 e. The molecule has 0 saturated heterocycles. The van der Waals surface area contributed by atoms with Gasteiger partial charge in [0, 0.05) is 12.2 Å². The van der Waals surface area contributed by atoms with Crippen molar-refractivity contribution in [2.45, 2.75) is 25.0 Å². The first-order chi connectivity index (χ1) is 7.13. The Kier molecular flexibility index (Phi) is 2.52. The summed E-state index contributed by atoms with van der Waals surface area (Å²) >= 11 is 1.45. The quantitative estimate of drug-likeness (QED) is 0.619. The Hall–Kier alpha value is -1.30. The van der Waals surface area contributed by atoms with Crippen molar-refractivity contribution in [3.05, 3.63) is 16.6 Å². The lowest BCUT2D eigenvalue weighted by Gasteiger charge is -2.02. The summed E-state index contributed by atoms with van der Waals surface area (Å²) in [4.78, 5) is 20.1. The Morgan fingerprint density at radius 3 is 2.87 bits per heavy atom. The van der Waals surface area contributed by atoms with Gasteiger partial charge in [-0.3, -0.25) is 9.89 Å². The van der Waals surface area contributed by atoms with Crippen molar-refractivity contribution >= 4 is 22.8 Å². The van der Waals surface area contributed by atoms with Crippen LogP contribution in [0.2, 0.25) is 0 Å². The van der Waals surface area contributed by atoms with Crippen LogP contribution in [0, 0.1) is 0 Å². The summed E-state index contributed by atoms with van der Waals surface area (Å²) in [5.41, 5.74) is 0.542. The predicted octanol–water partition coefficient (Wildman–Crippen LogP) is 1.42. The number of aromatic amines is 1. The van der Waals surface area contributed by atoms with Crippen LogP contribution in [-0.4, -0.2) is 26.0 Å². The van der Waals surface area contributed by atoms with Gasteiger partial charge >= 0.3 is 0 Å². The minimum atomic E-state index is -0.0624. The summed E-state index contributed by atoms with van der Waals surface area (Å²) in [5, 5.41) is 4.19. The molecular weight excluding hydrogens is 212 g/mol. The molecule has 0 aliphatic carbocycles. The molecule has 2 rings (SSSR count). The lowest BCUT2D eigenvalue weighted by atomic mass is 10.4. The molecule has 0 fully saturated rings. The minimum absolute atomic E-state index is 0.0624. The summed E-state index contributed by atoms with van der Waals surface area (Å²) in [7, 11) is 0. The van der Waals surface area contributed by atoms with Crippen LogP contribution in [0.1, 0.15) is 19.9 Å². The molecule has 2 heterocycles. The second kappa shape index (κ2) is 3.69. The average Bonchev–Trinajstić information content (AvgIpc) is 2.55. The number of hydrogen-bond acceptors (Lipinski definition) is 4. The molecule has 5 nitrogen and oxygen atoms in total. The standard InChI is InChI=1S/C9H12N4OS/c1-5(2)13-8(14)6-4-10-9(15-3)11-7(6)12-13/h4-5H,1-3H3,(H,10,11,12). The Balaban J connectivity index is 2.71. The topological polar surface area (TPSA) is 63.6 Å². The van der Waals surface area contributed by atoms with E-state index in [1.165, 1.54) is 11.8 Å². The molecule has 0 amide bonds. The van der Waals surface area contributed by atoms with E-state index in [-0.39, 0.29) is 11.6 Å². The normalized spacial score (nSPS) is 11.5. The molecule has 0 unspecified atom stereocenters. The summed E-state index contributed by atoms with van der Waals surface area (Å²) in [6, 6.07) is 0.101. The molecule has 6 heteroatoms. The average molecular weight is 224 g/mol. The first-order valence-corrected chi connectivity index (χ1v) is 5.87. The van der Waals surface area contributed by atoms with E-state index in [4.69, 9.17) is 0 Å². The molecule has 0 spiro atoms. The highest BCUT2D eigenvalue weighted by molar-refractivity contribution is 7.98. The van der Waals surface area contributed by atoms with Crippen LogP contribution in [0.25, 0.3) is 11.0 Å². The molecule has 0 aromatic carbocycles. The van der Waals surface area contributed by atoms with E-state index in [2.05, 4.69) is 15.1 Å². The Morgan fingerprint density at radius 1 is 1.53 bits per heavy atom. The van der Waals surface area contributed by atoms with Crippen LogP contribution in [0.3, 0.4) is 0 Å². The van der Waals surface area contributed by atoms with Crippen molar-refractivity contribution in [3.63, 3.8) is 0 Å². The van der Waals surface area contributed by atoms with Crippen molar-refractivity contribution in [2.24, 2.45) is 0 Å². The molecule has 0 aliphatic heterocycles. The number of rotatable bonds is 2.